The van der Waals surface area contributed by atoms with Gasteiger partial charge in [-0.2, -0.15) is 4.98 Å². The largest absolute Gasteiger partial charge is 0.467 e. The first-order chi connectivity index (χ1) is 12.8. The summed E-state index contributed by atoms with van der Waals surface area (Å²) in [6.45, 7) is 0.645. The molecule has 1 aromatic carbocycles. The van der Waals surface area contributed by atoms with E-state index in [9.17, 15) is 4.79 Å². The van der Waals surface area contributed by atoms with Crippen LogP contribution in [-0.4, -0.2) is 20.6 Å². The molecule has 1 amide bonds. The molecule has 0 aliphatic rings. The quantitative estimate of drug-likeness (QED) is 0.578. The van der Waals surface area contributed by atoms with Gasteiger partial charge in [-0.15, -0.1) is 0 Å². The first-order valence-electron chi connectivity index (χ1n) is 8.13. The van der Waals surface area contributed by atoms with E-state index in [1.807, 2.05) is 36.4 Å². The summed E-state index contributed by atoms with van der Waals surface area (Å²) < 4.78 is 12.3. The normalized spacial score (nSPS) is 10.8. The monoisotopic (exact) mass is 348 g/mol. The number of amides is 1. The van der Waals surface area contributed by atoms with Crippen LogP contribution >= 0.6 is 0 Å². The molecular weight excluding hydrogens is 332 g/mol. The Kier molecular flexibility index (Phi) is 4.34. The highest BCUT2D eigenvalue weighted by Crippen LogP contribution is 2.16. The molecule has 0 bridgehead atoms. The zero-order chi connectivity index (χ0) is 17.8. The summed E-state index contributed by atoms with van der Waals surface area (Å²) in [6.07, 6.45) is 3.37. The second-order valence-corrected chi connectivity index (χ2v) is 5.66. The maximum atomic E-state index is 12.4. The van der Waals surface area contributed by atoms with Gasteiger partial charge in [-0.3, -0.25) is 4.79 Å². The molecule has 3 aromatic heterocycles. The first-order valence-corrected chi connectivity index (χ1v) is 8.13. The van der Waals surface area contributed by atoms with E-state index in [0.717, 1.165) is 5.56 Å². The second-order valence-electron chi connectivity index (χ2n) is 5.66. The topological polar surface area (TPSA) is 86.1 Å². The van der Waals surface area contributed by atoms with Gasteiger partial charge in [-0.1, -0.05) is 35.5 Å². The standard InChI is InChI=1S/C19H16N4O3/c24-19(20-12-15-8-5-11-25-15)16-9-4-10-23(16)13-17-21-18(22-26-17)14-6-2-1-3-7-14/h1-11H,12-13H2,(H,20,24). The summed E-state index contributed by atoms with van der Waals surface area (Å²) in [4.78, 5) is 16.8. The Balaban J connectivity index is 1.45. The van der Waals surface area contributed by atoms with Crippen LogP contribution in [0.4, 0.5) is 0 Å². The fourth-order valence-electron chi connectivity index (χ4n) is 2.60. The summed E-state index contributed by atoms with van der Waals surface area (Å²) in [5.41, 5.74) is 1.39. The molecule has 0 aliphatic heterocycles. The van der Waals surface area contributed by atoms with E-state index in [2.05, 4.69) is 15.5 Å². The number of nitrogens with one attached hydrogen (secondary N) is 1. The van der Waals surface area contributed by atoms with Crippen molar-refractivity contribution in [1.82, 2.24) is 20.0 Å². The number of furan rings is 1. The Bertz CT molecular complexity index is 987. The van der Waals surface area contributed by atoms with E-state index >= 15 is 0 Å². The maximum absolute atomic E-state index is 12.4. The average molecular weight is 348 g/mol. The SMILES string of the molecule is O=C(NCc1ccco1)c1cccn1Cc1nc(-c2ccccc2)no1. The lowest BCUT2D eigenvalue weighted by atomic mass is 10.2. The molecule has 4 aromatic rings. The Morgan fingerprint density at radius 1 is 1.08 bits per heavy atom. The van der Waals surface area contributed by atoms with Gasteiger partial charge in [0.25, 0.3) is 5.91 Å². The van der Waals surface area contributed by atoms with Crippen LogP contribution in [0.5, 0.6) is 0 Å². The van der Waals surface area contributed by atoms with Crippen molar-refractivity contribution in [3.63, 3.8) is 0 Å². The predicted molar refractivity (Wildman–Crippen MR) is 93.1 cm³/mol. The minimum atomic E-state index is -0.200. The van der Waals surface area contributed by atoms with Crippen LogP contribution in [0.3, 0.4) is 0 Å². The van der Waals surface area contributed by atoms with Crippen molar-refractivity contribution < 1.29 is 13.7 Å². The average Bonchev–Trinajstić information content (AvgIpc) is 3.43. The molecule has 0 radical (unpaired) electrons. The van der Waals surface area contributed by atoms with Gasteiger partial charge in [0.2, 0.25) is 11.7 Å². The van der Waals surface area contributed by atoms with Crippen molar-refractivity contribution in [3.8, 4) is 11.4 Å². The van der Waals surface area contributed by atoms with Crippen LogP contribution in [0, 0.1) is 0 Å². The van der Waals surface area contributed by atoms with Crippen LogP contribution in [0.2, 0.25) is 0 Å². The van der Waals surface area contributed by atoms with Crippen LogP contribution in [0.25, 0.3) is 11.4 Å². The van der Waals surface area contributed by atoms with Crippen LogP contribution in [0.15, 0.2) is 76.0 Å². The molecule has 0 unspecified atom stereocenters. The summed E-state index contributed by atoms with van der Waals surface area (Å²) in [7, 11) is 0. The number of aromatic nitrogens is 3. The highest BCUT2D eigenvalue weighted by atomic mass is 16.5. The van der Waals surface area contributed by atoms with Gasteiger partial charge in [0.05, 0.1) is 12.8 Å². The Labute approximate surface area is 149 Å². The Hall–Kier alpha value is -3.61. The molecule has 26 heavy (non-hydrogen) atoms. The molecule has 0 fully saturated rings. The predicted octanol–water partition coefficient (Wildman–Crippen LogP) is 3.11. The van der Waals surface area contributed by atoms with Gasteiger partial charge in [-0.25, -0.2) is 0 Å². The van der Waals surface area contributed by atoms with Gasteiger partial charge in [0, 0.05) is 11.8 Å². The number of nitrogens with zero attached hydrogens (tertiary/aromatic N) is 3. The summed E-state index contributed by atoms with van der Waals surface area (Å²) in [6, 6.07) is 16.7. The number of rotatable bonds is 6. The molecule has 7 nitrogen and oxygen atoms in total. The number of hydrogen-bond donors (Lipinski definition) is 1. The minimum Gasteiger partial charge on any atom is -0.467 e. The molecule has 3 heterocycles. The summed E-state index contributed by atoms with van der Waals surface area (Å²) in [5.74, 6) is 1.45. The lowest BCUT2D eigenvalue weighted by Crippen LogP contribution is -2.25. The zero-order valence-electron chi connectivity index (χ0n) is 13.8. The third-order valence-corrected chi connectivity index (χ3v) is 3.87. The van der Waals surface area contributed by atoms with Gasteiger partial charge in [-0.05, 0) is 24.3 Å². The zero-order valence-corrected chi connectivity index (χ0v) is 13.8. The minimum absolute atomic E-state index is 0.200. The molecule has 4 rings (SSSR count). The van der Waals surface area contributed by atoms with Crippen molar-refractivity contribution in [2.45, 2.75) is 13.1 Å². The van der Waals surface area contributed by atoms with E-state index in [0.29, 0.717) is 36.3 Å². The van der Waals surface area contributed by atoms with Crippen LogP contribution in [0.1, 0.15) is 22.1 Å². The van der Waals surface area contributed by atoms with Crippen molar-refractivity contribution in [2.24, 2.45) is 0 Å². The van der Waals surface area contributed by atoms with Crippen molar-refractivity contribution in [2.75, 3.05) is 0 Å². The van der Waals surface area contributed by atoms with Gasteiger partial charge < -0.3 is 18.8 Å². The Morgan fingerprint density at radius 3 is 2.77 bits per heavy atom. The second kappa shape index (κ2) is 7.10. The molecular formula is C19H16N4O3. The number of carbonyl (C=O) groups is 1. The number of hydrogen-bond acceptors (Lipinski definition) is 5. The summed E-state index contributed by atoms with van der Waals surface area (Å²) in [5, 5.41) is 6.82. The van der Waals surface area contributed by atoms with Crippen molar-refractivity contribution in [1.29, 1.82) is 0 Å². The maximum Gasteiger partial charge on any atom is 0.268 e. The van der Waals surface area contributed by atoms with E-state index in [-0.39, 0.29) is 5.91 Å². The van der Waals surface area contributed by atoms with E-state index in [1.165, 1.54) is 0 Å². The third kappa shape index (κ3) is 3.41. The molecule has 0 aliphatic carbocycles. The molecule has 130 valence electrons. The van der Waals surface area contributed by atoms with Crippen molar-refractivity contribution >= 4 is 5.91 Å². The number of carbonyl (C=O) groups excluding carboxylic acids is 1. The summed E-state index contributed by atoms with van der Waals surface area (Å²) >= 11 is 0. The van der Waals surface area contributed by atoms with Crippen LogP contribution < -0.4 is 5.32 Å². The highest BCUT2D eigenvalue weighted by molar-refractivity contribution is 5.92. The molecule has 0 spiro atoms. The molecule has 0 saturated carbocycles. The molecule has 7 heteroatoms. The smallest absolute Gasteiger partial charge is 0.268 e. The Morgan fingerprint density at radius 2 is 1.96 bits per heavy atom. The lowest BCUT2D eigenvalue weighted by molar-refractivity contribution is 0.0939. The molecule has 0 atom stereocenters. The van der Waals surface area contributed by atoms with Crippen LogP contribution in [-0.2, 0) is 13.1 Å². The van der Waals surface area contributed by atoms with Gasteiger partial charge in [0.1, 0.15) is 18.0 Å². The first kappa shape index (κ1) is 15.9. The molecule has 0 saturated heterocycles. The highest BCUT2D eigenvalue weighted by Gasteiger charge is 2.14. The lowest BCUT2D eigenvalue weighted by Gasteiger charge is -2.07. The molecule has 1 N–H and O–H groups in total. The third-order valence-electron chi connectivity index (χ3n) is 3.87. The van der Waals surface area contributed by atoms with E-state index in [4.69, 9.17) is 8.94 Å². The van der Waals surface area contributed by atoms with Gasteiger partial charge in [0.15, 0.2) is 0 Å². The van der Waals surface area contributed by atoms with E-state index in [1.54, 1.807) is 35.2 Å². The fourth-order valence-corrected chi connectivity index (χ4v) is 2.60. The van der Waals surface area contributed by atoms with Gasteiger partial charge >= 0.3 is 0 Å². The van der Waals surface area contributed by atoms with Crippen molar-refractivity contribution in [3.05, 3.63) is 84.4 Å². The fraction of sp³-hybridized carbons (Fsp3) is 0.105. The number of benzene rings is 1. The van der Waals surface area contributed by atoms with E-state index < -0.39 is 0 Å².